The van der Waals surface area contributed by atoms with Crippen molar-refractivity contribution in [3.63, 3.8) is 0 Å². The van der Waals surface area contributed by atoms with Crippen LogP contribution in [0.25, 0.3) is 0 Å². The van der Waals surface area contributed by atoms with Gasteiger partial charge in [-0.05, 0) is 54.3 Å². The minimum atomic E-state index is -4.00. The molecule has 0 aliphatic carbocycles. The van der Waals surface area contributed by atoms with E-state index in [1.165, 1.54) is 28.4 Å². The second-order valence-corrected chi connectivity index (χ2v) is 12.9. The van der Waals surface area contributed by atoms with Crippen LogP contribution in [0.15, 0.2) is 83.9 Å². The number of benzene rings is 2. The lowest BCUT2D eigenvalue weighted by Crippen LogP contribution is -2.53. The molecule has 2 amide bonds. The summed E-state index contributed by atoms with van der Waals surface area (Å²) in [5, 5.41) is 14.4. The number of hydrogen-bond donors (Lipinski definition) is 2. The number of methoxy groups -OCH3 is 1. The van der Waals surface area contributed by atoms with Crippen LogP contribution in [0.4, 0.5) is 4.79 Å². The first kappa shape index (κ1) is 32.9. The minimum absolute atomic E-state index is 0.0142. The number of aliphatic hydroxyl groups excluding tert-OH is 1. The number of pyridine rings is 1. The van der Waals surface area contributed by atoms with Gasteiger partial charge in [-0.1, -0.05) is 56.7 Å². The van der Waals surface area contributed by atoms with E-state index in [-0.39, 0.29) is 43.4 Å². The number of cyclic esters (lactones) is 1. The third-order valence-corrected chi connectivity index (χ3v) is 9.50. The number of ether oxygens (including phenoxy) is 2. The van der Waals surface area contributed by atoms with E-state index in [9.17, 15) is 23.1 Å². The molecule has 1 aliphatic rings. The van der Waals surface area contributed by atoms with Gasteiger partial charge >= 0.3 is 6.09 Å². The standard InChI is InChI=1S/C32H40N4O7S/c1-4-23(2)19-36(44(40,41)27-15-13-26(42-3)14-16-27)21-29(37)28(18-24-10-6-5-7-11-24)34-31(38)30-22-35(32(39)43-30)20-25-12-8-9-17-33-25/h5-17,23,28-30,37H,4,18-22H2,1-3H3,(H,34,38)/t23-,28-,29+,30?/m0/s1. The van der Waals surface area contributed by atoms with Gasteiger partial charge in [0.2, 0.25) is 10.0 Å². The zero-order valence-electron chi connectivity index (χ0n) is 25.2. The first-order chi connectivity index (χ1) is 21.1. The van der Waals surface area contributed by atoms with Crippen LogP contribution in [0.1, 0.15) is 31.5 Å². The quantitative estimate of drug-likeness (QED) is 0.263. The summed E-state index contributed by atoms with van der Waals surface area (Å²) in [5.74, 6) is -0.0389. The highest BCUT2D eigenvalue weighted by Gasteiger charge is 2.38. The van der Waals surface area contributed by atoms with Gasteiger partial charge in [-0.3, -0.25) is 14.7 Å². The number of aliphatic hydroxyl groups is 1. The van der Waals surface area contributed by atoms with Crippen molar-refractivity contribution in [3.05, 3.63) is 90.3 Å². The van der Waals surface area contributed by atoms with Crippen molar-refractivity contribution in [1.29, 1.82) is 0 Å². The summed E-state index contributed by atoms with van der Waals surface area (Å²) in [6.07, 6.45) is -0.436. The van der Waals surface area contributed by atoms with E-state index in [1.54, 1.807) is 30.5 Å². The first-order valence-electron chi connectivity index (χ1n) is 14.6. The summed E-state index contributed by atoms with van der Waals surface area (Å²) in [6.45, 7) is 4.03. The second-order valence-electron chi connectivity index (χ2n) is 11.0. The average molecular weight is 625 g/mol. The van der Waals surface area contributed by atoms with Crippen molar-refractivity contribution in [2.24, 2.45) is 5.92 Å². The van der Waals surface area contributed by atoms with Crippen LogP contribution < -0.4 is 10.1 Å². The smallest absolute Gasteiger partial charge is 0.411 e. The molecule has 1 aromatic heterocycles. The molecule has 4 rings (SSSR count). The van der Waals surface area contributed by atoms with Gasteiger partial charge in [0.1, 0.15) is 5.75 Å². The van der Waals surface area contributed by atoms with Gasteiger partial charge in [-0.25, -0.2) is 13.2 Å². The molecule has 2 heterocycles. The molecule has 12 heteroatoms. The number of nitrogens with one attached hydrogen (secondary N) is 1. The van der Waals surface area contributed by atoms with E-state index in [2.05, 4.69) is 10.3 Å². The predicted molar refractivity (Wildman–Crippen MR) is 164 cm³/mol. The highest BCUT2D eigenvalue weighted by molar-refractivity contribution is 7.89. The Hall–Kier alpha value is -4.00. The van der Waals surface area contributed by atoms with Crippen LogP contribution in [0, 0.1) is 5.92 Å². The van der Waals surface area contributed by atoms with E-state index >= 15 is 0 Å². The Balaban J connectivity index is 1.53. The SMILES string of the molecule is CC[C@H](C)CN(C[C@@H](O)[C@H](Cc1ccccc1)NC(=O)C1CN(Cc2ccccn2)C(=O)O1)S(=O)(=O)c1ccc(OC)cc1. The highest BCUT2D eigenvalue weighted by Crippen LogP contribution is 2.23. The molecule has 1 fully saturated rings. The molecule has 11 nitrogen and oxygen atoms in total. The molecule has 4 atom stereocenters. The van der Waals surface area contributed by atoms with Crippen LogP contribution in [-0.2, 0) is 32.5 Å². The number of aromatic nitrogens is 1. The fourth-order valence-electron chi connectivity index (χ4n) is 4.87. The van der Waals surface area contributed by atoms with Crippen LogP contribution >= 0.6 is 0 Å². The number of nitrogens with zero attached hydrogens (tertiary/aromatic N) is 3. The third-order valence-electron chi connectivity index (χ3n) is 7.65. The minimum Gasteiger partial charge on any atom is -0.497 e. The van der Waals surface area contributed by atoms with E-state index in [1.807, 2.05) is 50.2 Å². The molecule has 1 saturated heterocycles. The van der Waals surface area contributed by atoms with Gasteiger partial charge in [0.25, 0.3) is 5.91 Å². The maximum atomic E-state index is 13.8. The van der Waals surface area contributed by atoms with Crippen LogP contribution in [0.3, 0.4) is 0 Å². The Labute approximate surface area is 258 Å². The number of rotatable bonds is 15. The Morgan fingerprint density at radius 1 is 1.11 bits per heavy atom. The fourth-order valence-corrected chi connectivity index (χ4v) is 6.45. The largest absolute Gasteiger partial charge is 0.497 e. The number of hydrogen-bond acceptors (Lipinski definition) is 8. The summed E-state index contributed by atoms with van der Waals surface area (Å²) in [6, 6.07) is 19.8. The maximum absolute atomic E-state index is 13.8. The summed E-state index contributed by atoms with van der Waals surface area (Å²) in [7, 11) is -2.50. The van der Waals surface area contributed by atoms with Gasteiger partial charge in [-0.2, -0.15) is 4.31 Å². The Morgan fingerprint density at radius 2 is 1.82 bits per heavy atom. The average Bonchev–Trinajstić information content (AvgIpc) is 3.40. The summed E-state index contributed by atoms with van der Waals surface area (Å²) in [4.78, 5) is 31.6. The van der Waals surface area contributed by atoms with E-state index < -0.39 is 40.3 Å². The molecule has 0 saturated carbocycles. The molecule has 2 aromatic carbocycles. The molecule has 3 aromatic rings. The van der Waals surface area contributed by atoms with Crippen molar-refractivity contribution < 1.29 is 32.6 Å². The number of carbonyl (C=O) groups is 2. The van der Waals surface area contributed by atoms with E-state index in [0.717, 1.165) is 12.0 Å². The fraction of sp³-hybridized carbons (Fsp3) is 0.406. The molecular weight excluding hydrogens is 584 g/mol. The Bertz CT molecular complexity index is 1470. The zero-order chi connectivity index (χ0) is 31.7. The predicted octanol–water partition coefficient (Wildman–Crippen LogP) is 3.24. The van der Waals surface area contributed by atoms with Crippen LogP contribution in [-0.4, -0.2) is 84.7 Å². The highest BCUT2D eigenvalue weighted by atomic mass is 32.2. The topological polar surface area (TPSA) is 138 Å². The van der Waals surface area contributed by atoms with Crippen molar-refractivity contribution in [2.45, 2.75) is 56.4 Å². The van der Waals surface area contributed by atoms with Gasteiger partial charge in [0.05, 0.1) is 42.9 Å². The first-order valence-corrected chi connectivity index (χ1v) is 16.1. The molecule has 0 radical (unpaired) electrons. The van der Waals surface area contributed by atoms with Crippen LogP contribution in [0.2, 0.25) is 0 Å². The molecular formula is C32H40N4O7S. The number of amides is 2. The molecule has 1 aliphatic heterocycles. The molecule has 2 N–H and O–H groups in total. The summed E-state index contributed by atoms with van der Waals surface area (Å²) < 4.78 is 39.3. The van der Waals surface area contributed by atoms with Gasteiger partial charge in [-0.15, -0.1) is 0 Å². The molecule has 236 valence electrons. The van der Waals surface area contributed by atoms with Crippen molar-refractivity contribution in [3.8, 4) is 5.75 Å². The van der Waals surface area contributed by atoms with E-state index in [4.69, 9.17) is 9.47 Å². The lowest BCUT2D eigenvalue weighted by molar-refractivity contribution is -0.129. The number of sulfonamides is 1. The molecule has 0 bridgehead atoms. The van der Waals surface area contributed by atoms with Crippen LogP contribution in [0.5, 0.6) is 5.75 Å². The summed E-state index contributed by atoms with van der Waals surface area (Å²) >= 11 is 0. The van der Waals surface area contributed by atoms with Gasteiger partial charge < -0.3 is 19.9 Å². The third kappa shape index (κ3) is 8.55. The lowest BCUT2D eigenvalue weighted by atomic mass is 10.0. The number of carbonyl (C=O) groups excluding carboxylic acids is 2. The normalized spacial score (nSPS) is 17.2. The Morgan fingerprint density at radius 3 is 2.45 bits per heavy atom. The Kier molecular flexibility index (Phi) is 11.3. The monoisotopic (exact) mass is 624 g/mol. The zero-order valence-corrected chi connectivity index (χ0v) is 26.0. The molecule has 44 heavy (non-hydrogen) atoms. The molecule has 0 spiro atoms. The van der Waals surface area contributed by atoms with Gasteiger partial charge in [0, 0.05) is 19.3 Å². The van der Waals surface area contributed by atoms with Gasteiger partial charge in [0.15, 0.2) is 6.10 Å². The maximum Gasteiger partial charge on any atom is 0.411 e. The lowest BCUT2D eigenvalue weighted by Gasteiger charge is -2.31. The van der Waals surface area contributed by atoms with Crippen molar-refractivity contribution in [2.75, 3.05) is 26.7 Å². The summed E-state index contributed by atoms with van der Waals surface area (Å²) in [5.41, 5.74) is 1.49. The molecule has 1 unspecified atom stereocenters. The second kappa shape index (κ2) is 15.1. The van der Waals surface area contributed by atoms with Crippen molar-refractivity contribution >= 4 is 22.0 Å². The van der Waals surface area contributed by atoms with Crippen molar-refractivity contribution in [1.82, 2.24) is 19.5 Å². The van der Waals surface area contributed by atoms with E-state index in [0.29, 0.717) is 11.4 Å².